The third-order valence-electron chi connectivity index (χ3n) is 6.66. The number of benzene rings is 1. The van der Waals surface area contributed by atoms with E-state index in [2.05, 4.69) is 36.6 Å². The van der Waals surface area contributed by atoms with Crippen LogP contribution in [0.15, 0.2) is 29.4 Å². The van der Waals surface area contributed by atoms with E-state index < -0.39 is 0 Å². The highest BCUT2D eigenvalue weighted by Gasteiger charge is 2.59. The molecule has 1 aromatic carbocycles. The van der Waals surface area contributed by atoms with Crippen molar-refractivity contribution in [2.24, 2.45) is 21.8 Å². The number of nitrogens with one attached hydrogen (secondary N) is 2. The minimum Gasteiger partial charge on any atom is -0.494 e. The van der Waals surface area contributed by atoms with Crippen molar-refractivity contribution in [3.05, 3.63) is 29.8 Å². The molecular formula is C21H29N3O3. The topological polar surface area (TPSA) is 79.8 Å². The van der Waals surface area contributed by atoms with Crippen molar-refractivity contribution in [3.8, 4) is 5.75 Å². The minimum absolute atomic E-state index is 0.0521. The number of hydrazone groups is 1. The van der Waals surface area contributed by atoms with Crippen molar-refractivity contribution in [2.75, 3.05) is 13.2 Å². The largest absolute Gasteiger partial charge is 0.494 e. The smallest absolute Gasteiger partial charge is 0.259 e. The van der Waals surface area contributed by atoms with E-state index in [0.717, 1.165) is 18.6 Å². The Morgan fingerprint density at radius 2 is 1.93 bits per heavy atom. The maximum atomic E-state index is 12.2. The van der Waals surface area contributed by atoms with E-state index in [1.807, 2.05) is 6.92 Å². The second-order valence-corrected chi connectivity index (χ2v) is 8.23. The van der Waals surface area contributed by atoms with Gasteiger partial charge in [-0.05, 0) is 61.8 Å². The second kappa shape index (κ2) is 7.33. The summed E-state index contributed by atoms with van der Waals surface area (Å²) in [6, 6.07) is 6.83. The van der Waals surface area contributed by atoms with Gasteiger partial charge in [-0.25, -0.2) is 5.43 Å². The number of carbonyl (C=O) groups is 2. The molecule has 2 amide bonds. The molecule has 2 fully saturated rings. The normalized spacial score (nSPS) is 26.8. The molecule has 6 heteroatoms. The van der Waals surface area contributed by atoms with Gasteiger partial charge in [0, 0.05) is 16.7 Å². The summed E-state index contributed by atoms with van der Waals surface area (Å²) in [7, 11) is 0. The fourth-order valence-corrected chi connectivity index (χ4v) is 4.40. The van der Waals surface area contributed by atoms with Crippen molar-refractivity contribution in [2.45, 2.75) is 47.0 Å². The molecule has 27 heavy (non-hydrogen) atoms. The Bertz CT molecular complexity index is 754. The fourth-order valence-electron chi connectivity index (χ4n) is 4.40. The van der Waals surface area contributed by atoms with Crippen molar-refractivity contribution in [1.29, 1.82) is 0 Å². The summed E-state index contributed by atoms with van der Waals surface area (Å²) in [5, 5.41) is 7.03. The van der Waals surface area contributed by atoms with Crippen LogP contribution in [0.2, 0.25) is 0 Å². The van der Waals surface area contributed by atoms with Crippen LogP contribution >= 0.6 is 0 Å². The van der Waals surface area contributed by atoms with Gasteiger partial charge in [-0.15, -0.1) is 0 Å². The minimum atomic E-state index is -0.314. The summed E-state index contributed by atoms with van der Waals surface area (Å²) in [5.41, 5.74) is 4.46. The molecule has 2 N–H and O–H groups in total. The van der Waals surface area contributed by atoms with Gasteiger partial charge < -0.3 is 10.1 Å². The van der Waals surface area contributed by atoms with E-state index in [1.54, 1.807) is 24.3 Å². The monoisotopic (exact) mass is 371 g/mol. The first-order chi connectivity index (χ1) is 12.8. The molecule has 0 aromatic heterocycles. The lowest BCUT2D eigenvalue weighted by Crippen LogP contribution is -2.37. The Labute approximate surface area is 160 Å². The number of rotatable bonds is 6. The Kier molecular flexibility index (Phi) is 5.27. The number of hydrogen-bond acceptors (Lipinski definition) is 4. The molecular weight excluding hydrogens is 342 g/mol. The van der Waals surface area contributed by atoms with Gasteiger partial charge in [0.05, 0.1) is 13.2 Å². The van der Waals surface area contributed by atoms with Crippen LogP contribution < -0.4 is 15.5 Å². The predicted molar refractivity (Wildman–Crippen MR) is 105 cm³/mol. The highest BCUT2D eigenvalue weighted by molar-refractivity contribution is 5.97. The zero-order chi connectivity index (χ0) is 19.7. The number of carbonyl (C=O) groups excluding carboxylic acids is 2. The average Bonchev–Trinajstić information content (AvgIpc) is 2.98. The Balaban J connectivity index is 1.51. The van der Waals surface area contributed by atoms with E-state index in [4.69, 9.17) is 4.74 Å². The molecule has 146 valence electrons. The van der Waals surface area contributed by atoms with Crippen LogP contribution in [0.4, 0.5) is 0 Å². The van der Waals surface area contributed by atoms with Crippen molar-refractivity contribution in [3.63, 3.8) is 0 Å². The van der Waals surface area contributed by atoms with E-state index in [-0.39, 0.29) is 29.2 Å². The van der Waals surface area contributed by atoms with Gasteiger partial charge in [0.25, 0.3) is 11.8 Å². The van der Waals surface area contributed by atoms with E-state index in [0.29, 0.717) is 23.8 Å². The molecule has 0 radical (unpaired) electrons. The molecule has 0 unspecified atom stereocenters. The Morgan fingerprint density at radius 3 is 2.48 bits per heavy atom. The van der Waals surface area contributed by atoms with Gasteiger partial charge >= 0.3 is 0 Å². The summed E-state index contributed by atoms with van der Waals surface area (Å²) in [5.74, 6) is 0.738. The maximum Gasteiger partial charge on any atom is 0.259 e. The standard InChI is InChI=1S/C21H29N3O3/c1-5-27-16-8-6-14(7-9-16)19(26)22-13-18(25)24-23-17-12-15-10-11-21(17,4)20(15,2)3/h6-9,15H,5,10-13H2,1-4H3,(H,22,26)(H,24,25)/b23-17-/t15-,21-/m0/s1. The van der Waals surface area contributed by atoms with Gasteiger partial charge in [-0.2, -0.15) is 5.10 Å². The van der Waals surface area contributed by atoms with Gasteiger partial charge in [0.15, 0.2) is 0 Å². The Morgan fingerprint density at radius 1 is 1.22 bits per heavy atom. The summed E-state index contributed by atoms with van der Waals surface area (Å²) < 4.78 is 5.35. The molecule has 2 saturated carbocycles. The quantitative estimate of drug-likeness (QED) is 0.754. The third kappa shape index (κ3) is 3.57. The van der Waals surface area contributed by atoms with E-state index in [9.17, 15) is 9.59 Å². The van der Waals surface area contributed by atoms with Crippen LogP contribution in [0.5, 0.6) is 5.75 Å². The molecule has 0 spiro atoms. The van der Waals surface area contributed by atoms with Gasteiger partial charge in [-0.1, -0.05) is 20.8 Å². The summed E-state index contributed by atoms with van der Waals surface area (Å²) >= 11 is 0. The third-order valence-corrected chi connectivity index (χ3v) is 6.66. The number of fused-ring (bicyclic) bond motifs is 2. The summed E-state index contributed by atoms with van der Waals surface area (Å²) in [4.78, 5) is 24.2. The molecule has 2 aliphatic carbocycles. The maximum absolute atomic E-state index is 12.2. The van der Waals surface area contributed by atoms with Crippen LogP contribution in [0.3, 0.4) is 0 Å². The molecule has 2 bridgehead atoms. The molecule has 1 aromatic rings. The molecule has 0 heterocycles. The first kappa shape index (κ1) is 19.4. The summed E-state index contributed by atoms with van der Waals surface area (Å²) in [6.07, 6.45) is 3.30. The predicted octanol–water partition coefficient (Wildman–Crippen LogP) is 3.13. The molecule has 3 rings (SSSR count). The lowest BCUT2D eigenvalue weighted by Gasteiger charge is -2.34. The summed E-state index contributed by atoms with van der Waals surface area (Å²) in [6.45, 7) is 9.22. The molecule has 0 aliphatic heterocycles. The van der Waals surface area contributed by atoms with Crippen molar-refractivity contribution >= 4 is 17.5 Å². The first-order valence-electron chi connectivity index (χ1n) is 9.65. The van der Waals surface area contributed by atoms with Crippen LogP contribution in [-0.4, -0.2) is 30.7 Å². The second-order valence-electron chi connectivity index (χ2n) is 8.23. The number of hydrogen-bond donors (Lipinski definition) is 2. The van der Waals surface area contributed by atoms with Crippen LogP contribution in [0.25, 0.3) is 0 Å². The first-order valence-corrected chi connectivity index (χ1v) is 9.65. The van der Waals surface area contributed by atoms with E-state index in [1.165, 1.54) is 6.42 Å². The number of amides is 2. The number of nitrogens with zero attached hydrogens (tertiary/aromatic N) is 1. The fraction of sp³-hybridized carbons (Fsp3) is 0.571. The van der Waals surface area contributed by atoms with Crippen molar-refractivity contribution in [1.82, 2.24) is 10.7 Å². The molecule has 6 nitrogen and oxygen atoms in total. The highest BCUT2D eigenvalue weighted by atomic mass is 16.5. The van der Waals surface area contributed by atoms with Crippen molar-refractivity contribution < 1.29 is 14.3 Å². The molecule has 2 aliphatic rings. The molecule has 2 atom stereocenters. The zero-order valence-electron chi connectivity index (χ0n) is 16.6. The van der Waals surface area contributed by atoms with Crippen LogP contribution in [0, 0.1) is 16.7 Å². The van der Waals surface area contributed by atoms with E-state index >= 15 is 0 Å². The average molecular weight is 371 g/mol. The SMILES string of the molecule is CCOc1ccc(C(=O)NCC(=O)N/N=C2/C[C@@H]3CC[C@]2(C)C3(C)C)cc1. The van der Waals surface area contributed by atoms with Gasteiger partial charge in [0.1, 0.15) is 5.75 Å². The lowest BCUT2D eigenvalue weighted by molar-refractivity contribution is -0.120. The lowest BCUT2D eigenvalue weighted by atomic mass is 9.70. The van der Waals surface area contributed by atoms with Gasteiger partial charge in [0.2, 0.25) is 0 Å². The van der Waals surface area contributed by atoms with Gasteiger partial charge in [-0.3, -0.25) is 9.59 Å². The molecule has 0 saturated heterocycles. The highest BCUT2D eigenvalue weighted by Crippen LogP contribution is 2.63. The number of ether oxygens (including phenoxy) is 1. The van der Waals surface area contributed by atoms with Crippen LogP contribution in [-0.2, 0) is 4.79 Å². The zero-order valence-corrected chi connectivity index (χ0v) is 16.6. The van der Waals surface area contributed by atoms with Crippen LogP contribution in [0.1, 0.15) is 57.3 Å². The Hall–Kier alpha value is -2.37.